The zero-order valence-corrected chi connectivity index (χ0v) is 24.3. The Morgan fingerprint density at radius 2 is 1.90 bits per heavy atom. The summed E-state index contributed by atoms with van der Waals surface area (Å²) in [5.74, 6) is 1.68. The Hall–Kier alpha value is -3.62. The normalized spacial score (nSPS) is 12.1. The Balaban J connectivity index is 1.61. The first-order chi connectivity index (χ1) is 18.6. The van der Waals surface area contributed by atoms with Crippen molar-refractivity contribution in [3.8, 4) is 23.1 Å². The molecule has 0 amide bonds. The van der Waals surface area contributed by atoms with Crippen LogP contribution in [-0.2, 0) is 0 Å². The molecule has 0 saturated heterocycles. The van der Waals surface area contributed by atoms with Gasteiger partial charge in [-0.3, -0.25) is 4.79 Å². The molecule has 3 aromatic carbocycles. The van der Waals surface area contributed by atoms with Gasteiger partial charge in [0.15, 0.2) is 17.3 Å². The van der Waals surface area contributed by atoms with Gasteiger partial charge in [-0.15, -0.1) is 0 Å². The molecular formula is C30H27BrClN3O4. The van der Waals surface area contributed by atoms with Gasteiger partial charge < -0.3 is 13.9 Å². The van der Waals surface area contributed by atoms with Crippen LogP contribution in [0.25, 0.3) is 33.5 Å². The minimum Gasteiger partial charge on any atom is -0.490 e. The van der Waals surface area contributed by atoms with Crippen LogP contribution >= 0.6 is 27.5 Å². The highest BCUT2D eigenvalue weighted by Crippen LogP contribution is 2.37. The van der Waals surface area contributed by atoms with Crippen molar-refractivity contribution >= 4 is 55.6 Å². The highest BCUT2D eigenvalue weighted by Gasteiger charge is 2.19. The van der Waals surface area contributed by atoms with Gasteiger partial charge in [-0.05, 0) is 66.4 Å². The lowest BCUT2D eigenvalue weighted by molar-refractivity contribution is 0.189. The largest absolute Gasteiger partial charge is 0.490 e. The maximum atomic E-state index is 13.6. The van der Waals surface area contributed by atoms with Gasteiger partial charge in [-0.25, -0.2) is 4.98 Å². The van der Waals surface area contributed by atoms with Gasteiger partial charge in [-0.1, -0.05) is 60.4 Å². The van der Waals surface area contributed by atoms with Crippen LogP contribution in [0.3, 0.4) is 0 Å². The van der Waals surface area contributed by atoms with Crippen molar-refractivity contribution in [1.29, 1.82) is 0 Å². The fourth-order valence-electron chi connectivity index (χ4n) is 3.99. The van der Waals surface area contributed by atoms with Crippen LogP contribution in [-0.4, -0.2) is 29.1 Å². The summed E-state index contributed by atoms with van der Waals surface area (Å²) in [6.07, 6.45) is 1.54. The Kier molecular flexibility index (Phi) is 7.51. The summed E-state index contributed by atoms with van der Waals surface area (Å²) in [6, 6.07) is 18.2. The number of benzene rings is 3. The zero-order chi connectivity index (χ0) is 27.7. The number of hydrogen-bond donors (Lipinski definition) is 0. The van der Waals surface area contributed by atoms with Crippen molar-refractivity contribution in [3.63, 3.8) is 0 Å². The first-order valence-electron chi connectivity index (χ1n) is 12.5. The summed E-state index contributed by atoms with van der Waals surface area (Å²) in [6.45, 7) is 9.03. The van der Waals surface area contributed by atoms with Gasteiger partial charge in [0.05, 0.1) is 35.4 Å². The fourth-order valence-corrected chi connectivity index (χ4v) is 4.65. The number of para-hydroxylation sites is 1. The number of rotatable bonds is 7. The van der Waals surface area contributed by atoms with E-state index >= 15 is 0 Å². The lowest BCUT2D eigenvalue weighted by Crippen LogP contribution is -2.20. The van der Waals surface area contributed by atoms with Crippen LogP contribution in [0.4, 0.5) is 0 Å². The Bertz CT molecular complexity index is 1770. The molecular weight excluding hydrogens is 582 g/mol. The van der Waals surface area contributed by atoms with Gasteiger partial charge in [0.25, 0.3) is 5.56 Å². The highest BCUT2D eigenvalue weighted by molar-refractivity contribution is 9.10. The van der Waals surface area contributed by atoms with E-state index in [0.717, 1.165) is 9.86 Å². The predicted octanol–water partition coefficient (Wildman–Crippen LogP) is 7.93. The Labute approximate surface area is 239 Å². The van der Waals surface area contributed by atoms with Crippen molar-refractivity contribution in [1.82, 2.24) is 9.66 Å². The van der Waals surface area contributed by atoms with Crippen LogP contribution in [0.5, 0.6) is 11.5 Å². The quantitative estimate of drug-likeness (QED) is 0.175. The first kappa shape index (κ1) is 27.0. The molecule has 0 aliphatic carbocycles. The summed E-state index contributed by atoms with van der Waals surface area (Å²) in [7, 11) is 0. The monoisotopic (exact) mass is 607 g/mol. The molecule has 39 heavy (non-hydrogen) atoms. The average molecular weight is 609 g/mol. The van der Waals surface area contributed by atoms with Crippen molar-refractivity contribution in [2.24, 2.45) is 10.5 Å². The van der Waals surface area contributed by atoms with Crippen LogP contribution in [0, 0.1) is 5.41 Å². The minimum atomic E-state index is -0.324. The molecule has 0 unspecified atom stereocenters. The Morgan fingerprint density at radius 3 is 2.67 bits per heavy atom. The second-order valence-electron chi connectivity index (χ2n) is 10.2. The zero-order valence-electron chi connectivity index (χ0n) is 22.0. The molecule has 0 fully saturated rings. The molecule has 0 bridgehead atoms. The molecule has 0 N–H and O–H groups in total. The topological polar surface area (TPSA) is 78.9 Å². The number of furan rings is 1. The molecule has 200 valence electrons. The number of halogens is 2. The third-order valence-corrected chi connectivity index (χ3v) is 6.53. The maximum Gasteiger partial charge on any atom is 0.282 e. The van der Waals surface area contributed by atoms with E-state index in [-0.39, 0.29) is 16.8 Å². The summed E-state index contributed by atoms with van der Waals surface area (Å²) in [5.41, 5.74) is 1.47. The van der Waals surface area contributed by atoms with E-state index in [2.05, 4.69) is 41.8 Å². The van der Waals surface area contributed by atoms with E-state index in [1.807, 2.05) is 37.3 Å². The highest BCUT2D eigenvalue weighted by atomic mass is 79.9. The maximum absolute atomic E-state index is 13.6. The molecule has 5 rings (SSSR count). The van der Waals surface area contributed by atoms with Crippen LogP contribution < -0.4 is 15.0 Å². The van der Waals surface area contributed by atoms with Crippen molar-refractivity contribution < 1.29 is 13.9 Å². The number of fused-ring (bicyclic) bond motifs is 2. The molecule has 0 spiro atoms. The molecule has 2 heterocycles. The van der Waals surface area contributed by atoms with Crippen LogP contribution in [0.1, 0.15) is 33.3 Å². The van der Waals surface area contributed by atoms with E-state index in [9.17, 15) is 4.79 Å². The van der Waals surface area contributed by atoms with E-state index in [0.29, 0.717) is 57.5 Å². The molecule has 7 nitrogen and oxygen atoms in total. The molecule has 0 atom stereocenters. The van der Waals surface area contributed by atoms with Gasteiger partial charge in [0.2, 0.25) is 5.82 Å². The molecule has 0 radical (unpaired) electrons. The smallest absolute Gasteiger partial charge is 0.282 e. The summed E-state index contributed by atoms with van der Waals surface area (Å²) in [4.78, 5) is 18.3. The van der Waals surface area contributed by atoms with Gasteiger partial charge in [0.1, 0.15) is 5.58 Å². The summed E-state index contributed by atoms with van der Waals surface area (Å²) < 4.78 is 20.1. The number of nitrogens with zero attached hydrogens (tertiary/aromatic N) is 3. The average Bonchev–Trinajstić information content (AvgIpc) is 3.30. The first-order valence-corrected chi connectivity index (χ1v) is 13.6. The van der Waals surface area contributed by atoms with Crippen molar-refractivity contribution in [2.75, 3.05) is 13.2 Å². The fraction of sp³-hybridized carbons (Fsp3) is 0.233. The number of aromatic nitrogens is 2. The lowest BCUT2D eigenvalue weighted by Gasteiger charge is -2.21. The molecule has 0 aliphatic heterocycles. The SMILES string of the molecule is CCOc1cc(C=Nn2c(-c3cc4cc(Br)ccc4o3)nc3ccccc3c2=O)cc(Cl)c1OCC(C)(C)C. The molecule has 9 heteroatoms. The predicted molar refractivity (Wildman–Crippen MR) is 159 cm³/mol. The second kappa shape index (κ2) is 10.9. The van der Waals surface area contributed by atoms with E-state index in [1.165, 1.54) is 4.68 Å². The summed E-state index contributed by atoms with van der Waals surface area (Å²) >= 11 is 10.1. The molecule has 5 aromatic rings. The van der Waals surface area contributed by atoms with E-state index < -0.39 is 0 Å². The minimum absolute atomic E-state index is 0.0552. The third kappa shape index (κ3) is 5.87. The summed E-state index contributed by atoms with van der Waals surface area (Å²) in [5, 5.41) is 6.24. The molecule has 0 saturated carbocycles. The van der Waals surface area contributed by atoms with Crippen molar-refractivity contribution in [2.45, 2.75) is 27.7 Å². The lowest BCUT2D eigenvalue weighted by atomic mass is 9.99. The van der Waals surface area contributed by atoms with Gasteiger partial charge in [-0.2, -0.15) is 9.78 Å². The number of ether oxygens (including phenoxy) is 2. The van der Waals surface area contributed by atoms with E-state index in [1.54, 1.807) is 36.5 Å². The number of hydrogen-bond acceptors (Lipinski definition) is 6. The third-order valence-electron chi connectivity index (χ3n) is 5.76. The van der Waals surface area contributed by atoms with Crippen molar-refractivity contribution in [3.05, 3.63) is 86.1 Å². The van der Waals surface area contributed by atoms with Crippen LogP contribution in [0.15, 0.2) is 79.4 Å². The second-order valence-corrected chi connectivity index (χ2v) is 11.5. The standard InChI is InChI=1S/C30H27BrClN3O4/c1-5-37-25-13-18(12-22(32)27(25)38-17-30(2,3)4)16-33-35-28(34-23-9-7-6-8-21(23)29(35)36)26-15-19-14-20(31)10-11-24(19)39-26/h6-16H,5,17H2,1-4H3. The molecule has 0 aliphatic rings. The van der Waals surface area contributed by atoms with Gasteiger partial charge in [0, 0.05) is 9.86 Å². The molecule has 2 aromatic heterocycles. The van der Waals surface area contributed by atoms with E-state index in [4.69, 9.17) is 30.5 Å². The van der Waals surface area contributed by atoms with Gasteiger partial charge >= 0.3 is 0 Å². The van der Waals surface area contributed by atoms with Crippen LogP contribution in [0.2, 0.25) is 5.02 Å². The Morgan fingerprint density at radius 1 is 1.10 bits per heavy atom.